The van der Waals surface area contributed by atoms with Gasteiger partial charge in [-0.25, -0.2) is 4.39 Å². The molecule has 1 unspecified atom stereocenters. The van der Waals surface area contributed by atoms with Crippen molar-refractivity contribution < 1.29 is 4.39 Å². The third-order valence-corrected chi connectivity index (χ3v) is 3.38. The summed E-state index contributed by atoms with van der Waals surface area (Å²) in [6.45, 7) is 4.71. The highest BCUT2D eigenvalue weighted by Crippen LogP contribution is 2.22. The van der Waals surface area contributed by atoms with Crippen molar-refractivity contribution in [3.05, 3.63) is 29.6 Å². The van der Waals surface area contributed by atoms with Gasteiger partial charge < -0.3 is 9.80 Å². The summed E-state index contributed by atoms with van der Waals surface area (Å²) in [4.78, 5) is 4.30. The Morgan fingerprint density at radius 2 is 2.18 bits per heavy atom. The number of piperazine rings is 1. The minimum absolute atomic E-state index is 0.305. The van der Waals surface area contributed by atoms with Gasteiger partial charge in [-0.05, 0) is 32.2 Å². The number of rotatable bonds is 1. The first kappa shape index (κ1) is 11.9. The Bertz CT molecular complexity index is 452. The molecule has 3 nitrogen and oxygen atoms in total. The Morgan fingerprint density at radius 3 is 2.76 bits per heavy atom. The second-order valence-corrected chi connectivity index (χ2v) is 4.55. The molecule has 1 atom stereocenters. The van der Waals surface area contributed by atoms with Gasteiger partial charge in [0.05, 0.1) is 17.3 Å². The molecule has 17 heavy (non-hydrogen) atoms. The van der Waals surface area contributed by atoms with Gasteiger partial charge in [0.1, 0.15) is 5.82 Å². The molecule has 0 spiro atoms. The van der Waals surface area contributed by atoms with Gasteiger partial charge in [-0.2, -0.15) is 5.26 Å². The van der Waals surface area contributed by atoms with Crippen LogP contribution in [0.15, 0.2) is 18.2 Å². The van der Waals surface area contributed by atoms with Gasteiger partial charge in [0, 0.05) is 25.7 Å². The third-order valence-electron chi connectivity index (χ3n) is 3.38. The Kier molecular flexibility index (Phi) is 3.30. The van der Waals surface area contributed by atoms with E-state index in [0.717, 1.165) is 19.6 Å². The molecule has 0 saturated carbocycles. The summed E-state index contributed by atoms with van der Waals surface area (Å²) < 4.78 is 13.8. The zero-order valence-electron chi connectivity index (χ0n) is 10.2. The zero-order chi connectivity index (χ0) is 12.4. The highest BCUT2D eigenvalue weighted by molar-refractivity contribution is 5.51. The summed E-state index contributed by atoms with van der Waals surface area (Å²) in [6.07, 6.45) is 0. The van der Waals surface area contributed by atoms with E-state index in [0.29, 0.717) is 17.3 Å². The summed E-state index contributed by atoms with van der Waals surface area (Å²) in [5.41, 5.74) is 0.970. The normalized spacial score (nSPS) is 21.3. The van der Waals surface area contributed by atoms with Crippen LogP contribution < -0.4 is 4.90 Å². The lowest BCUT2D eigenvalue weighted by Gasteiger charge is -2.39. The van der Waals surface area contributed by atoms with Gasteiger partial charge in [-0.1, -0.05) is 0 Å². The first-order chi connectivity index (χ1) is 8.11. The van der Waals surface area contributed by atoms with E-state index in [-0.39, 0.29) is 5.82 Å². The molecule has 1 aromatic rings. The predicted octanol–water partition coefficient (Wildman–Crippen LogP) is 1.84. The summed E-state index contributed by atoms with van der Waals surface area (Å²) in [5.74, 6) is -0.305. The van der Waals surface area contributed by atoms with Crippen LogP contribution in [-0.4, -0.2) is 37.6 Å². The van der Waals surface area contributed by atoms with E-state index in [9.17, 15) is 4.39 Å². The van der Waals surface area contributed by atoms with Crippen molar-refractivity contribution in [3.8, 4) is 6.07 Å². The van der Waals surface area contributed by atoms with E-state index in [2.05, 4.69) is 18.9 Å². The molecule has 1 aliphatic rings. The van der Waals surface area contributed by atoms with Crippen LogP contribution in [0.1, 0.15) is 12.5 Å². The lowest BCUT2D eigenvalue weighted by Crippen LogP contribution is -2.50. The minimum Gasteiger partial charge on any atom is -0.366 e. The van der Waals surface area contributed by atoms with Crippen molar-refractivity contribution >= 4 is 5.69 Å². The smallest absolute Gasteiger partial charge is 0.147 e. The molecule has 0 bridgehead atoms. The number of anilines is 1. The van der Waals surface area contributed by atoms with E-state index < -0.39 is 0 Å². The molecule has 90 valence electrons. The maximum Gasteiger partial charge on any atom is 0.147 e. The predicted molar refractivity (Wildman–Crippen MR) is 65.4 cm³/mol. The maximum atomic E-state index is 13.8. The second-order valence-electron chi connectivity index (χ2n) is 4.55. The van der Waals surface area contributed by atoms with E-state index in [1.54, 1.807) is 12.1 Å². The molecular formula is C13H16FN3. The molecule has 2 rings (SSSR count). The molecule has 1 fully saturated rings. The molecule has 1 heterocycles. The van der Waals surface area contributed by atoms with E-state index in [1.807, 2.05) is 11.0 Å². The largest absolute Gasteiger partial charge is 0.366 e. The molecule has 0 aromatic heterocycles. The molecule has 1 aliphatic heterocycles. The molecule has 0 radical (unpaired) electrons. The van der Waals surface area contributed by atoms with Gasteiger partial charge in [0.15, 0.2) is 0 Å². The topological polar surface area (TPSA) is 30.3 Å². The Balaban J connectivity index is 2.21. The van der Waals surface area contributed by atoms with Crippen LogP contribution in [0.2, 0.25) is 0 Å². The highest BCUT2D eigenvalue weighted by Gasteiger charge is 2.22. The fourth-order valence-corrected chi connectivity index (χ4v) is 2.10. The number of nitriles is 1. The van der Waals surface area contributed by atoms with Crippen molar-refractivity contribution in [1.29, 1.82) is 5.26 Å². The van der Waals surface area contributed by atoms with Crippen molar-refractivity contribution in [3.63, 3.8) is 0 Å². The monoisotopic (exact) mass is 233 g/mol. The van der Waals surface area contributed by atoms with Crippen LogP contribution in [0.3, 0.4) is 0 Å². The van der Waals surface area contributed by atoms with Gasteiger partial charge in [0.25, 0.3) is 0 Å². The van der Waals surface area contributed by atoms with Crippen LogP contribution in [0.25, 0.3) is 0 Å². The Morgan fingerprint density at radius 1 is 1.41 bits per heavy atom. The van der Waals surface area contributed by atoms with Crippen molar-refractivity contribution in [2.75, 3.05) is 31.6 Å². The quantitative estimate of drug-likeness (QED) is 0.741. The first-order valence-corrected chi connectivity index (χ1v) is 5.76. The van der Waals surface area contributed by atoms with Gasteiger partial charge >= 0.3 is 0 Å². The fourth-order valence-electron chi connectivity index (χ4n) is 2.10. The number of benzene rings is 1. The van der Waals surface area contributed by atoms with Gasteiger partial charge in [-0.3, -0.25) is 0 Å². The third kappa shape index (κ3) is 2.40. The first-order valence-electron chi connectivity index (χ1n) is 5.76. The summed E-state index contributed by atoms with van der Waals surface area (Å²) >= 11 is 0. The molecule has 0 aliphatic carbocycles. The van der Waals surface area contributed by atoms with Crippen LogP contribution in [-0.2, 0) is 0 Å². The van der Waals surface area contributed by atoms with Crippen molar-refractivity contribution in [1.82, 2.24) is 4.90 Å². The molecule has 1 saturated heterocycles. The lowest BCUT2D eigenvalue weighted by molar-refractivity contribution is 0.233. The zero-order valence-corrected chi connectivity index (χ0v) is 10.2. The minimum atomic E-state index is -0.305. The summed E-state index contributed by atoms with van der Waals surface area (Å²) in [7, 11) is 2.08. The second kappa shape index (κ2) is 4.72. The number of hydrogen-bond donors (Lipinski definition) is 0. The van der Waals surface area contributed by atoms with Crippen molar-refractivity contribution in [2.45, 2.75) is 13.0 Å². The molecular weight excluding hydrogens is 217 g/mol. The standard InChI is InChI=1S/C13H16FN3/c1-10-9-17(6-5-16(10)2)13-4-3-11(8-15)7-12(13)14/h3-4,7,10H,5-6,9H2,1-2H3. The van der Waals surface area contributed by atoms with Crippen LogP contribution in [0, 0.1) is 17.1 Å². The SMILES string of the molecule is CC1CN(c2ccc(C#N)cc2F)CCN1C. The molecule has 1 aromatic carbocycles. The molecule has 4 heteroatoms. The van der Waals surface area contributed by atoms with E-state index in [4.69, 9.17) is 5.26 Å². The Hall–Kier alpha value is -1.60. The number of hydrogen-bond acceptors (Lipinski definition) is 3. The molecule has 0 amide bonds. The lowest BCUT2D eigenvalue weighted by atomic mass is 10.1. The van der Waals surface area contributed by atoms with Crippen LogP contribution in [0.5, 0.6) is 0 Å². The average Bonchev–Trinajstić information content (AvgIpc) is 2.32. The Labute approximate surface area is 101 Å². The summed E-state index contributed by atoms with van der Waals surface area (Å²) in [6, 6.07) is 7.03. The number of halogens is 1. The van der Waals surface area contributed by atoms with E-state index in [1.165, 1.54) is 6.07 Å². The van der Waals surface area contributed by atoms with Crippen LogP contribution >= 0.6 is 0 Å². The number of nitrogens with zero attached hydrogens (tertiary/aromatic N) is 3. The number of likely N-dealkylation sites (N-methyl/N-ethyl adjacent to an activating group) is 1. The fraction of sp³-hybridized carbons (Fsp3) is 0.462. The van der Waals surface area contributed by atoms with E-state index >= 15 is 0 Å². The van der Waals surface area contributed by atoms with Crippen molar-refractivity contribution in [2.24, 2.45) is 0 Å². The maximum absolute atomic E-state index is 13.8. The van der Waals surface area contributed by atoms with Gasteiger partial charge in [-0.15, -0.1) is 0 Å². The average molecular weight is 233 g/mol. The van der Waals surface area contributed by atoms with Crippen LogP contribution in [0.4, 0.5) is 10.1 Å². The summed E-state index contributed by atoms with van der Waals surface area (Å²) in [5, 5.41) is 8.70. The molecule has 0 N–H and O–H groups in total. The highest BCUT2D eigenvalue weighted by atomic mass is 19.1. The van der Waals surface area contributed by atoms with Gasteiger partial charge in [0.2, 0.25) is 0 Å².